The normalized spacial score (nSPS) is 35.4. The molecule has 0 aromatic rings. The summed E-state index contributed by atoms with van der Waals surface area (Å²) in [7, 11) is 0. The fourth-order valence-corrected chi connectivity index (χ4v) is 3.20. The van der Waals surface area contributed by atoms with Gasteiger partial charge in [-0.25, -0.2) is 4.21 Å². The van der Waals surface area contributed by atoms with Crippen molar-refractivity contribution >= 4 is 16.9 Å². The first kappa shape index (κ1) is 12.9. The van der Waals surface area contributed by atoms with Crippen LogP contribution in [0.5, 0.6) is 0 Å². The first-order valence-electron chi connectivity index (χ1n) is 5.07. The summed E-state index contributed by atoms with van der Waals surface area (Å²) >= 11 is -3.92. The lowest BCUT2D eigenvalue weighted by molar-refractivity contribution is -0.200. The standard InChI is InChI=1S/C9H10F4O3S/c10-8(11,9(12,13)17(15)16)6-2-5-1-4(6)3-7(5)14/h4-6H,1-3H2,(H,15,16). The van der Waals surface area contributed by atoms with Crippen LogP contribution >= 0.6 is 0 Å². The van der Waals surface area contributed by atoms with E-state index in [-0.39, 0.29) is 25.0 Å². The van der Waals surface area contributed by atoms with E-state index in [2.05, 4.69) is 0 Å². The molecule has 0 aromatic carbocycles. The quantitative estimate of drug-likeness (QED) is 0.633. The molecule has 3 nitrogen and oxygen atoms in total. The minimum absolute atomic E-state index is 0.126. The van der Waals surface area contributed by atoms with Gasteiger partial charge in [0, 0.05) is 18.3 Å². The molecule has 8 heteroatoms. The predicted octanol–water partition coefficient (Wildman–Crippen LogP) is 2.05. The van der Waals surface area contributed by atoms with Gasteiger partial charge in [0.25, 0.3) is 0 Å². The maximum Gasteiger partial charge on any atom is 0.406 e. The largest absolute Gasteiger partial charge is 0.406 e. The van der Waals surface area contributed by atoms with Gasteiger partial charge in [-0.3, -0.25) is 4.79 Å². The molecule has 0 saturated heterocycles. The van der Waals surface area contributed by atoms with Gasteiger partial charge in [-0.05, 0) is 18.8 Å². The molecule has 0 aromatic heterocycles. The summed E-state index contributed by atoms with van der Waals surface area (Å²) in [4.78, 5) is 11.2. The van der Waals surface area contributed by atoms with Crippen molar-refractivity contribution in [3.63, 3.8) is 0 Å². The van der Waals surface area contributed by atoms with Crippen LogP contribution in [-0.2, 0) is 15.9 Å². The zero-order chi connectivity index (χ0) is 13.0. The zero-order valence-corrected chi connectivity index (χ0v) is 9.35. The number of hydrogen-bond donors (Lipinski definition) is 1. The molecule has 0 heterocycles. The second kappa shape index (κ2) is 3.74. The molecule has 17 heavy (non-hydrogen) atoms. The van der Waals surface area contributed by atoms with Gasteiger partial charge >= 0.3 is 11.2 Å². The lowest BCUT2D eigenvalue weighted by Crippen LogP contribution is -2.51. The van der Waals surface area contributed by atoms with E-state index in [1.54, 1.807) is 0 Å². The summed E-state index contributed by atoms with van der Waals surface area (Å²) in [5, 5.41) is -4.97. The van der Waals surface area contributed by atoms with E-state index in [0.29, 0.717) is 0 Å². The van der Waals surface area contributed by atoms with Crippen LogP contribution in [0.1, 0.15) is 19.3 Å². The van der Waals surface area contributed by atoms with Crippen molar-refractivity contribution < 1.29 is 31.1 Å². The summed E-state index contributed by atoms with van der Waals surface area (Å²) < 4.78 is 71.7. The van der Waals surface area contributed by atoms with E-state index >= 15 is 0 Å². The number of carbonyl (C=O) groups excluding carboxylic acids is 1. The van der Waals surface area contributed by atoms with Crippen molar-refractivity contribution in [1.82, 2.24) is 0 Å². The number of rotatable bonds is 3. The van der Waals surface area contributed by atoms with Gasteiger partial charge in [0.1, 0.15) is 5.78 Å². The molecule has 2 fully saturated rings. The number of carbonyl (C=O) groups is 1. The minimum Gasteiger partial charge on any atom is -0.301 e. The summed E-state index contributed by atoms with van der Waals surface area (Å²) in [5.74, 6) is -7.78. The second-order valence-electron chi connectivity index (χ2n) is 4.59. The SMILES string of the molecule is O=C1CC2CC1CC2C(F)(F)C(F)(F)S(=O)O. The van der Waals surface area contributed by atoms with Gasteiger partial charge in [0.15, 0.2) is 0 Å². The van der Waals surface area contributed by atoms with Gasteiger partial charge in [0.05, 0.1) is 0 Å². The minimum atomic E-state index is -4.97. The molecule has 0 radical (unpaired) electrons. The summed E-state index contributed by atoms with van der Waals surface area (Å²) in [6, 6.07) is 0. The molecule has 4 unspecified atom stereocenters. The number of halogens is 4. The lowest BCUT2D eigenvalue weighted by atomic mass is 9.83. The topological polar surface area (TPSA) is 54.4 Å². The van der Waals surface area contributed by atoms with Crippen molar-refractivity contribution in [3.05, 3.63) is 0 Å². The summed E-state index contributed by atoms with van der Waals surface area (Å²) in [5.41, 5.74) is 0. The summed E-state index contributed by atoms with van der Waals surface area (Å²) in [6.07, 6.45) is -0.254. The van der Waals surface area contributed by atoms with Crippen molar-refractivity contribution in [3.8, 4) is 0 Å². The molecule has 2 bridgehead atoms. The Kier molecular flexibility index (Phi) is 2.85. The van der Waals surface area contributed by atoms with Crippen molar-refractivity contribution in [2.45, 2.75) is 30.4 Å². The third-order valence-electron chi connectivity index (χ3n) is 3.69. The van der Waals surface area contributed by atoms with Crippen molar-refractivity contribution in [1.29, 1.82) is 0 Å². The molecule has 2 aliphatic rings. The van der Waals surface area contributed by atoms with Crippen LogP contribution in [0.15, 0.2) is 0 Å². The van der Waals surface area contributed by atoms with Gasteiger partial charge in [-0.15, -0.1) is 0 Å². The Balaban J connectivity index is 2.24. The third kappa shape index (κ3) is 1.72. The average molecular weight is 274 g/mol. The first-order valence-corrected chi connectivity index (χ1v) is 6.18. The van der Waals surface area contributed by atoms with E-state index in [4.69, 9.17) is 4.55 Å². The molecule has 2 saturated carbocycles. The molecule has 0 amide bonds. The fourth-order valence-electron chi connectivity index (χ4n) is 2.81. The van der Waals surface area contributed by atoms with Crippen LogP contribution in [0.3, 0.4) is 0 Å². The Bertz CT molecular complexity index is 384. The molecule has 0 aliphatic heterocycles. The number of alkyl halides is 4. The molecule has 0 spiro atoms. The average Bonchev–Trinajstić information content (AvgIpc) is 2.75. The van der Waals surface area contributed by atoms with Gasteiger partial charge in [-0.2, -0.15) is 17.6 Å². The number of Topliss-reactive ketones (excluding diaryl/α,β-unsaturated/α-hetero) is 1. The Hall–Kier alpha value is -0.500. The molecule has 1 N–H and O–H groups in total. The molecular formula is C9H10F4O3S. The highest BCUT2D eigenvalue weighted by atomic mass is 32.2. The Labute approximate surface area is 96.8 Å². The van der Waals surface area contributed by atoms with E-state index in [0.717, 1.165) is 0 Å². The number of fused-ring (bicyclic) bond motifs is 2. The number of hydrogen-bond acceptors (Lipinski definition) is 2. The molecule has 4 atom stereocenters. The van der Waals surface area contributed by atoms with Crippen LogP contribution in [0.25, 0.3) is 0 Å². The highest BCUT2D eigenvalue weighted by molar-refractivity contribution is 7.80. The van der Waals surface area contributed by atoms with Crippen LogP contribution < -0.4 is 0 Å². The first-order chi connectivity index (χ1) is 7.68. The van der Waals surface area contributed by atoms with E-state index < -0.39 is 40.0 Å². The zero-order valence-electron chi connectivity index (χ0n) is 8.54. The van der Waals surface area contributed by atoms with E-state index in [1.165, 1.54) is 0 Å². The highest BCUT2D eigenvalue weighted by Crippen LogP contribution is 2.56. The van der Waals surface area contributed by atoms with Crippen molar-refractivity contribution in [2.24, 2.45) is 17.8 Å². The number of ketones is 1. The molecule has 2 rings (SSSR count). The molecular weight excluding hydrogens is 264 g/mol. The molecule has 98 valence electrons. The third-order valence-corrected chi connectivity index (χ3v) is 4.40. The van der Waals surface area contributed by atoms with Crippen LogP contribution in [0.4, 0.5) is 17.6 Å². The Morgan fingerprint density at radius 2 is 1.82 bits per heavy atom. The van der Waals surface area contributed by atoms with Crippen LogP contribution in [0.2, 0.25) is 0 Å². The Morgan fingerprint density at radius 1 is 1.24 bits per heavy atom. The summed E-state index contributed by atoms with van der Waals surface area (Å²) in [6.45, 7) is 0. The van der Waals surface area contributed by atoms with Crippen LogP contribution in [-0.4, -0.2) is 25.7 Å². The smallest absolute Gasteiger partial charge is 0.301 e. The van der Waals surface area contributed by atoms with E-state index in [1.807, 2.05) is 0 Å². The van der Waals surface area contributed by atoms with Gasteiger partial charge in [0.2, 0.25) is 11.1 Å². The highest BCUT2D eigenvalue weighted by Gasteiger charge is 2.69. The van der Waals surface area contributed by atoms with Crippen molar-refractivity contribution in [2.75, 3.05) is 0 Å². The van der Waals surface area contributed by atoms with Gasteiger partial charge in [-0.1, -0.05) is 0 Å². The van der Waals surface area contributed by atoms with E-state index in [9.17, 15) is 26.6 Å². The van der Waals surface area contributed by atoms with Gasteiger partial charge < -0.3 is 4.55 Å². The second-order valence-corrected chi connectivity index (χ2v) is 5.61. The Morgan fingerprint density at radius 3 is 2.18 bits per heavy atom. The fraction of sp³-hybridized carbons (Fsp3) is 0.889. The molecule has 2 aliphatic carbocycles. The lowest BCUT2D eigenvalue weighted by Gasteiger charge is -2.33. The predicted molar refractivity (Wildman–Crippen MR) is 50.0 cm³/mol. The monoisotopic (exact) mass is 274 g/mol. The maximum absolute atomic E-state index is 13.5. The van der Waals surface area contributed by atoms with Crippen LogP contribution in [0, 0.1) is 17.8 Å². The maximum atomic E-state index is 13.5.